The number of nitrogens with zero attached hydrogens (tertiary/aromatic N) is 4. The summed E-state index contributed by atoms with van der Waals surface area (Å²) in [4.78, 5) is 89.0. The van der Waals surface area contributed by atoms with Crippen LogP contribution in [0.1, 0.15) is 56.4 Å². The van der Waals surface area contributed by atoms with Gasteiger partial charge in [0.15, 0.2) is 5.65 Å². The molecule has 7 rings (SSSR count). The number of nitrogens with one attached hydrogen (secondary N) is 4. The summed E-state index contributed by atoms with van der Waals surface area (Å²) in [5, 5.41) is 17.0. The summed E-state index contributed by atoms with van der Waals surface area (Å²) in [5.74, 6) is -3.73. The average molecular weight is 909 g/mol. The lowest BCUT2D eigenvalue weighted by Gasteiger charge is -2.27. The maximum atomic E-state index is 13.2. The molecule has 20 nitrogen and oxygen atoms in total. The fraction of sp³-hybridized carbons (Fsp3) is 0.391. The van der Waals surface area contributed by atoms with E-state index in [2.05, 4.69) is 55.2 Å². The number of aromatic nitrogens is 3. The zero-order chi connectivity index (χ0) is 46.7. The van der Waals surface area contributed by atoms with Crippen molar-refractivity contribution in [2.75, 3.05) is 77.9 Å². The number of hydrogen-bond acceptors (Lipinski definition) is 13. The van der Waals surface area contributed by atoms with E-state index in [4.69, 9.17) is 23.7 Å². The summed E-state index contributed by atoms with van der Waals surface area (Å²) < 4.78 is 31.0. The number of carbonyl (C=O) groups excluding carboxylic acids is 7. The second kappa shape index (κ2) is 21.9. The maximum Gasteiger partial charge on any atom is 0.264 e. The number of ether oxygens (including phenoxy) is 5. The number of piperidine rings is 1. The number of carbonyl (C=O) groups is 7. The van der Waals surface area contributed by atoms with Gasteiger partial charge in [0.25, 0.3) is 17.7 Å². The van der Waals surface area contributed by atoms with Gasteiger partial charge in [0.1, 0.15) is 19.3 Å². The van der Waals surface area contributed by atoms with Crippen molar-refractivity contribution in [1.29, 1.82) is 0 Å². The third kappa shape index (κ3) is 11.3. The number of anilines is 1. The molecule has 2 aliphatic heterocycles. The fourth-order valence-corrected chi connectivity index (χ4v) is 7.58. The van der Waals surface area contributed by atoms with Crippen molar-refractivity contribution in [2.45, 2.75) is 38.8 Å². The number of benzene rings is 3. The van der Waals surface area contributed by atoms with E-state index in [-0.39, 0.29) is 100 Å². The zero-order valence-electron chi connectivity index (χ0n) is 36.9. The van der Waals surface area contributed by atoms with Gasteiger partial charge in [-0.2, -0.15) is 5.10 Å². The van der Waals surface area contributed by atoms with Gasteiger partial charge in [0.2, 0.25) is 23.6 Å². The minimum Gasteiger partial charge on any atom is -0.377 e. The molecule has 1 saturated heterocycles. The van der Waals surface area contributed by atoms with Crippen LogP contribution in [0.5, 0.6) is 0 Å². The molecule has 7 amide bonds. The first kappa shape index (κ1) is 47.1. The normalized spacial score (nSPS) is 15.3. The van der Waals surface area contributed by atoms with Crippen LogP contribution < -0.4 is 21.3 Å². The first-order valence-corrected chi connectivity index (χ1v) is 21.5. The first-order valence-electron chi connectivity index (χ1n) is 21.5. The molecule has 2 unspecified atom stereocenters. The van der Waals surface area contributed by atoms with Crippen LogP contribution in [-0.2, 0) is 49.9 Å². The molecular weight excluding hydrogens is 857 g/mol. The van der Waals surface area contributed by atoms with E-state index in [1.807, 2.05) is 39.2 Å². The Kier molecular flexibility index (Phi) is 15.6. The number of hydrogen-bond donors (Lipinski definition) is 4. The van der Waals surface area contributed by atoms with Gasteiger partial charge in [-0.25, -0.2) is 0 Å². The standard InChI is InChI=1S/C46H52N8O12/c1-28-7-10-31(11-8-28)53-36-12-9-30(23-33(36)34-25-52(3)51-42(34)53)43(58)48-29(2)24-47-39(56)26-65-21-19-63-17-15-62-16-18-64-20-22-66-27-40(57)49-35-6-4-5-32-41(35)46(61)54(45(32)60)37-13-14-38(55)50-44(37)59/h4-12,23,25,29,37H,13-22,24,26-27H2,1-3H3,(H,47,56)(H,48,58)(H,49,57)(H,50,55,59). The predicted molar refractivity (Wildman–Crippen MR) is 238 cm³/mol. The molecule has 3 aromatic carbocycles. The number of amides is 7. The minimum absolute atomic E-state index is 0.00378. The third-order valence-electron chi connectivity index (χ3n) is 10.8. The van der Waals surface area contributed by atoms with Crippen LogP contribution in [0.3, 0.4) is 0 Å². The van der Waals surface area contributed by atoms with E-state index < -0.39 is 35.6 Å². The van der Waals surface area contributed by atoms with Crippen LogP contribution in [0.25, 0.3) is 27.6 Å². The quantitative estimate of drug-likeness (QED) is 0.0544. The van der Waals surface area contributed by atoms with Gasteiger partial charge in [-0.3, -0.25) is 53.0 Å². The monoisotopic (exact) mass is 908 g/mol. The Morgan fingerprint density at radius 1 is 0.803 bits per heavy atom. The van der Waals surface area contributed by atoms with Crippen LogP contribution in [0.2, 0.25) is 0 Å². The molecule has 348 valence electrons. The molecule has 2 atom stereocenters. The van der Waals surface area contributed by atoms with Crippen LogP contribution in [0.15, 0.2) is 66.9 Å². The SMILES string of the molecule is Cc1ccc(-n2c3ccc(C(=O)NC(C)CNC(=O)COCCOCCOCCOCCOCC(=O)Nc4cccc5c4C(=O)N(C4CCC(=O)NC4=O)C5=O)cc3c3cn(C)nc32)cc1. The van der Waals surface area contributed by atoms with Crippen molar-refractivity contribution in [3.05, 3.63) is 89.1 Å². The molecule has 0 aliphatic carbocycles. The van der Waals surface area contributed by atoms with Crippen LogP contribution in [0, 0.1) is 6.92 Å². The average Bonchev–Trinajstić information content (AvgIpc) is 3.90. The molecule has 1 fully saturated rings. The van der Waals surface area contributed by atoms with E-state index in [0.29, 0.717) is 25.4 Å². The van der Waals surface area contributed by atoms with E-state index in [0.717, 1.165) is 38.1 Å². The maximum absolute atomic E-state index is 13.2. The summed E-state index contributed by atoms with van der Waals surface area (Å²) in [7, 11) is 1.87. The number of fused-ring (bicyclic) bond motifs is 4. The Morgan fingerprint density at radius 3 is 2.12 bits per heavy atom. The van der Waals surface area contributed by atoms with Crippen molar-refractivity contribution in [2.24, 2.45) is 7.05 Å². The molecule has 4 heterocycles. The lowest BCUT2D eigenvalue weighted by Crippen LogP contribution is -2.54. The molecule has 20 heteroatoms. The lowest BCUT2D eigenvalue weighted by molar-refractivity contribution is -0.136. The van der Waals surface area contributed by atoms with Crippen molar-refractivity contribution in [3.8, 4) is 5.69 Å². The molecule has 0 radical (unpaired) electrons. The summed E-state index contributed by atoms with van der Waals surface area (Å²) in [6, 6.07) is 16.8. The summed E-state index contributed by atoms with van der Waals surface area (Å²) in [6.45, 7) is 5.54. The van der Waals surface area contributed by atoms with E-state index in [1.165, 1.54) is 18.2 Å². The van der Waals surface area contributed by atoms with Gasteiger partial charge in [0.05, 0.1) is 75.2 Å². The van der Waals surface area contributed by atoms with E-state index in [1.54, 1.807) is 10.7 Å². The van der Waals surface area contributed by atoms with Crippen LogP contribution in [0.4, 0.5) is 5.69 Å². The second-order valence-electron chi connectivity index (χ2n) is 15.8. The predicted octanol–water partition coefficient (Wildman–Crippen LogP) is 2.18. The van der Waals surface area contributed by atoms with Crippen molar-refractivity contribution in [1.82, 2.24) is 35.2 Å². The topological polar surface area (TPSA) is 240 Å². The van der Waals surface area contributed by atoms with Gasteiger partial charge in [0, 0.05) is 54.3 Å². The molecular formula is C46H52N8O12. The molecule has 2 aliphatic rings. The van der Waals surface area contributed by atoms with Crippen molar-refractivity contribution in [3.63, 3.8) is 0 Å². The fourth-order valence-electron chi connectivity index (χ4n) is 7.58. The number of rotatable bonds is 23. The summed E-state index contributed by atoms with van der Waals surface area (Å²) in [6.07, 6.45) is 1.96. The van der Waals surface area contributed by atoms with Gasteiger partial charge < -0.3 is 39.6 Å². The molecule has 5 aromatic rings. The highest BCUT2D eigenvalue weighted by atomic mass is 16.6. The number of aryl methyl sites for hydroxylation is 2. The van der Waals surface area contributed by atoms with Crippen LogP contribution in [-0.4, -0.2) is 145 Å². The third-order valence-corrected chi connectivity index (χ3v) is 10.8. The zero-order valence-corrected chi connectivity index (χ0v) is 36.9. The smallest absolute Gasteiger partial charge is 0.264 e. The molecule has 0 saturated carbocycles. The summed E-state index contributed by atoms with van der Waals surface area (Å²) >= 11 is 0. The Morgan fingerprint density at radius 2 is 1.45 bits per heavy atom. The lowest BCUT2D eigenvalue weighted by atomic mass is 10.0. The Hall–Kier alpha value is -6.84. The largest absolute Gasteiger partial charge is 0.377 e. The van der Waals surface area contributed by atoms with Gasteiger partial charge in [-0.1, -0.05) is 23.8 Å². The number of imide groups is 2. The molecule has 66 heavy (non-hydrogen) atoms. The molecule has 4 N–H and O–H groups in total. The molecule has 0 bridgehead atoms. The Balaban J connectivity index is 0.690. The second-order valence-corrected chi connectivity index (χ2v) is 15.8. The molecule has 0 spiro atoms. The van der Waals surface area contributed by atoms with Gasteiger partial charge in [-0.05, 0) is 62.7 Å². The van der Waals surface area contributed by atoms with Gasteiger partial charge in [-0.15, -0.1) is 0 Å². The first-order chi connectivity index (χ1) is 31.9. The summed E-state index contributed by atoms with van der Waals surface area (Å²) in [5.41, 5.74) is 4.52. The minimum atomic E-state index is -1.12. The van der Waals surface area contributed by atoms with Crippen molar-refractivity contribution < 1.29 is 57.2 Å². The molecule has 2 aromatic heterocycles. The van der Waals surface area contributed by atoms with Crippen LogP contribution >= 0.6 is 0 Å². The Labute approximate surface area is 379 Å². The highest BCUT2D eigenvalue weighted by Gasteiger charge is 2.45. The van der Waals surface area contributed by atoms with E-state index in [9.17, 15) is 33.6 Å². The highest BCUT2D eigenvalue weighted by Crippen LogP contribution is 2.33. The Bertz CT molecular complexity index is 2620. The highest BCUT2D eigenvalue weighted by molar-refractivity contribution is 6.26. The van der Waals surface area contributed by atoms with Crippen molar-refractivity contribution >= 4 is 69.0 Å². The van der Waals surface area contributed by atoms with Gasteiger partial charge >= 0.3 is 0 Å². The van der Waals surface area contributed by atoms with E-state index >= 15 is 0 Å².